The van der Waals surface area contributed by atoms with Crippen molar-refractivity contribution in [3.63, 3.8) is 0 Å². The molecule has 2 heteroatoms. The van der Waals surface area contributed by atoms with Crippen LogP contribution in [0.5, 0.6) is 0 Å². The average molecular weight is 269 g/mol. The van der Waals surface area contributed by atoms with Gasteiger partial charge in [-0.05, 0) is 68.4 Å². The van der Waals surface area contributed by atoms with Gasteiger partial charge in [0.2, 0.25) is 0 Å². The fourth-order valence-electron chi connectivity index (χ4n) is 5.57. The molecule has 0 aliphatic heterocycles. The number of rotatable bonds is 3. The molecule has 4 saturated carbocycles. The lowest BCUT2D eigenvalue weighted by molar-refractivity contribution is -0.0352. The highest BCUT2D eigenvalue weighted by atomic mass is 16.1. The van der Waals surface area contributed by atoms with Crippen molar-refractivity contribution in [3.05, 3.63) is 29.8 Å². The topological polar surface area (TPSA) is 29.1 Å². The van der Waals surface area contributed by atoms with Crippen LogP contribution in [0.1, 0.15) is 48.9 Å². The quantitative estimate of drug-likeness (QED) is 0.836. The van der Waals surface area contributed by atoms with Gasteiger partial charge in [-0.1, -0.05) is 12.1 Å². The van der Waals surface area contributed by atoms with E-state index in [2.05, 4.69) is 5.32 Å². The van der Waals surface area contributed by atoms with E-state index in [0.717, 1.165) is 48.3 Å². The molecule has 0 aromatic heterocycles. The molecule has 0 atom stereocenters. The van der Waals surface area contributed by atoms with Crippen LogP contribution < -0.4 is 5.32 Å². The molecule has 1 aromatic rings. The van der Waals surface area contributed by atoms with Crippen LogP contribution in [0.15, 0.2) is 24.3 Å². The molecule has 0 amide bonds. The van der Waals surface area contributed by atoms with Gasteiger partial charge in [-0.15, -0.1) is 0 Å². The summed E-state index contributed by atoms with van der Waals surface area (Å²) in [4.78, 5) is 13.2. The van der Waals surface area contributed by atoms with Gasteiger partial charge in [-0.2, -0.15) is 0 Å². The highest BCUT2D eigenvalue weighted by Crippen LogP contribution is 2.61. The largest absolute Gasteiger partial charge is 0.388 e. The van der Waals surface area contributed by atoms with E-state index in [1.807, 2.05) is 31.3 Å². The minimum absolute atomic E-state index is 0.0261. The molecule has 0 unspecified atom stereocenters. The fraction of sp³-hybridized carbons (Fsp3) is 0.611. The van der Waals surface area contributed by atoms with Crippen LogP contribution in [0.25, 0.3) is 0 Å². The summed E-state index contributed by atoms with van der Waals surface area (Å²) in [6, 6.07) is 8.03. The second kappa shape index (κ2) is 4.34. The summed E-state index contributed by atoms with van der Waals surface area (Å²) in [6.45, 7) is 0. The Bertz CT molecular complexity index is 513. The monoisotopic (exact) mass is 269 g/mol. The SMILES string of the molecule is CNc1ccccc1C(=O)C12CC3CC(CC(C3)C1)C2. The van der Waals surface area contributed by atoms with E-state index in [4.69, 9.17) is 0 Å². The second-order valence-corrected chi connectivity index (χ2v) is 7.32. The predicted octanol–water partition coefficient (Wildman–Crippen LogP) is 4.13. The number of para-hydroxylation sites is 1. The van der Waals surface area contributed by atoms with Crippen LogP contribution in [0.2, 0.25) is 0 Å². The van der Waals surface area contributed by atoms with Crippen molar-refractivity contribution in [2.45, 2.75) is 38.5 Å². The number of hydrogen-bond donors (Lipinski definition) is 1. The lowest BCUT2D eigenvalue weighted by Crippen LogP contribution is -2.50. The Hall–Kier alpha value is -1.31. The van der Waals surface area contributed by atoms with Gasteiger partial charge in [0.15, 0.2) is 5.78 Å². The maximum absolute atomic E-state index is 13.2. The van der Waals surface area contributed by atoms with Gasteiger partial charge in [-0.25, -0.2) is 0 Å². The van der Waals surface area contributed by atoms with Crippen molar-refractivity contribution >= 4 is 11.5 Å². The van der Waals surface area contributed by atoms with E-state index in [-0.39, 0.29) is 5.41 Å². The molecular formula is C18H23NO. The zero-order valence-corrected chi connectivity index (χ0v) is 12.2. The highest BCUT2D eigenvalue weighted by Gasteiger charge is 2.54. The first-order valence-corrected chi connectivity index (χ1v) is 8.02. The number of ketones is 1. The van der Waals surface area contributed by atoms with Gasteiger partial charge in [-0.3, -0.25) is 4.79 Å². The van der Waals surface area contributed by atoms with E-state index in [1.165, 1.54) is 19.3 Å². The molecule has 4 bridgehead atoms. The Kier molecular flexibility index (Phi) is 2.70. The summed E-state index contributed by atoms with van der Waals surface area (Å²) in [5, 5.41) is 3.19. The van der Waals surface area contributed by atoms with Gasteiger partial charge < -0.3 is 5.32 Å². The molecule has 4 aliphatic carbocycles. The first-order valence-electron chi connectivity index (χ1n) is 8.02. The second-order valence-electron chi connectivity index (χ2n) is 7.32. The van der Waals surface area contributed by atoms with Crippen LogP contribution in [-0.2, 0) is 0 Å². The lowest BCUT2D eigenvalue weighted by Gasteiger charge is -2.56. The van der Waals surface area contributed by atoms with Crippen LogP contribution in [0, 0.1) is 23.2 Å². The van der Waals surface area contributed by atoms with Crippen molar-refractivity contribution in [3.8, 4) is 0 Å². The third kappa shape index (κ3) is 1.73. The van der Waals surface area contributed by atoms with Crippen molar-refractivity contribution < 1.29 is 4.79 Å². The summed E-state index contributed by atoms with van der Waals surface area (Å²) in [5.74, 6) is 2.90. The van der Waals surface area contributed by atoms with Crippen molar-refractivity contribution in [2.75, 3.05) is 12.4 Å². The third-order valence-electron chi connectivity index (χ3n) is 5.96. The standard InChI is InChI=1S/C18H23NO/c1-19-16-5-3-2-4-15(16)17(20)18-9-12-6-13(10-18)8-14(7-12)11-18/h2-5,12-14,19H,6-11H2,1H3. The number of Topliss-reactive ketones (excluding diaryl/α,β-unsaturated/α-hetero) is 1. The van der Waals surface area contributed by atoms with E-state index >= 15 is 0 Å². The number of benzene rings is 1. The molecule has 1 aromatic carbocycles. The minimum atomic E-state index is -0.0261. The minimum Gasteiger partial charge on any atom is -0.388 e. The van der Waals surface area contributed by atoms with Crippen LogP contribution in [0.4, 0.5) is 5.69 Å². The van der Waals surface area contributed by atoms with Crippen molar-refractivity contribution in [1.82, 2.24) is 0 Å². The van der Waals surface area contributed by atoms with Gasteiger partial charge in [0.25, 0.3) is 0 Å². The van der Waals surface area contributed by atoms with Crippen molar-refractivity contribution in [1.29, 1.82) is 0 Å². The average Bonchev–Trinajstić information content (AvgIpc) is 2.45. The highest BCUT2D eigenvalue weighted by molar-refractivity contribution is 6.05. The van der Waals surface area contributed by atoms with E-state index in [9.17, 15) is 4.79 Å². The zero-order valence-electron chi connectivity index (χ0n) is 12.2. The molecule has 0 radical (unpaired) electrons. The first kappa shape index (κ1) is 12.4. The molecule has 5 rings (SSSR count). The molecule has 2 nitrogen and oxygen atoms in total. The van der Waals surface area contributed by atoms with E-state index in [0.29, 0.717) is 5.78 Å². The molecule has 0 spiro atoms. The number of hydrogen-bond acceptors (Lipinski definition) is 2. The van der Waals surface area contributed by atoms with E-state index in [1.54, 1.807) is 0 Å². The third-order valence-corrected chi connectivity index (χ3v) is 5.96. The Labute approximate surface area is 121 Å². The maximum Gasteiger partial charge on any atom is 0.171 e. The molecule has 0 heterocycles. The Morgan fingerprint density at radius 2 is 1.60 bits per heavy atom. The maximum atomic E-state index is 13.2. The summed E-state index contributed by atoms with van der Waals surface area (Å²) in [7, 11) is 1.91. The Morgan fingerprint density at radius 1 is 1.05 bits per heavy atom. The van der Waals surface area contributed by atoms with Gasteiger partial charge >= 0.3 is 0 Å². The normalized spacial score (nSPS) is 38.0. The summed E-state index contributed by atoms with van der Waals surface area (Å²) in [6.07, 6.45) is 7.61. The predicted molar refractivity (Wildman–Crippen MR) is 80.9 cm³/mol. The van der Waals surface area contributed by atoms with Crippen LogP contribution in [0.3, 0.4) is 0 Å². The number of anilines is 1. The molecule has 0 saturated heterocycles. The van der Waals surface area contributed by atoms with Gasteiger partial charge in [0.1, 0.15) is 0 Å². The summed E-state index contributed by atoms with van der Waals surface area (Å²) in [5.41, 5.74) is 1.88. The van der Waals surface area contributed by atoms with Gasteiger partial charge in [0, 0.05) is 23.7 Å². The Balaban J connectivity index is 1.71. The lowest BCUT2D eigenvalue weighted by atomic mass is 9.48. The fourth-order valence-corrected chi connectivity index (χ4v) is 5.57. The molecule has 4 fully saturated rings. The summed E-state index contributed by atoms with van der Waals surface area (Å²) >= 11 is 0. The molecule has 20 heavy (non-hydrogen) atoms. The summed E-state index contributed by atoms with van der Waals surface area (Å²) < 4.78 is 0. The van der Waals surface area contributed by atoms with Gasteiger partial charge in [0.05, 0.1) is 0 Å². The Morgan fingerprint density at radius 3 is 2.15 bits per heavy atom. The van der Waals surface area contributed by atoms with Crippen LogP contribution >= 0.6 is 0 Å². The molecule has 106 valence electrons. The van der Waals surface area contributed by atoms with Crippen LogP contribution in [-0.4, -0.2) is 12.8 Å². The smallest absolute Gasteiger partial charge is 0.171 e. The zero-order chi connectivity index (χ0) is 13.7. The first-order chi connectivity index (χ1) is 9.70. The number of carbonyl (C=O) groups excluding carboxylic acids is 1. The molecule has 4 aliphatic rings. The molecule has 1 N–H and O–H groups in total. The number of nitrogens with one attached hydrogen (secondary N) is 1. The number of carbonyl (C=O) groups is 1. The van der Waals surface area contributed by atoms with E-state index < -0.39 is 0 Å². The molecular weight excluding hydrogens is 246 g/mol. The van der Waals surface area contributed by atoms with Crippen molar-refractivity contribution in [2.24, 2.45) is 23.2 Å².